The zero-order valence-electron chi connectivity index (χ0n) is 25.1. The molecule has 1 aliphatic rings. The van der Waals surface area contributed by atoms with Crippen LogP contribution in [0.15, 0.2) is 108 Å². The number of ether oxygens (including phenoxy) is 2. The van der Waals surface area contributed by atoms with Crippen molar-refractivity contribution < 1.29 is 19.4 Å². The highest BCUT2D eigenvalue weighted by molar-refractivity contribution is 7.99. The minimum atomic E-state index is -0.569. The maximum absolute atomic E-state index is 12.5. The second kappa shape index (κ2) is 14.2. The van der Waals surface area contributed by atoms with Gasteiger partial charge in [-0.2, -0.15) is 0 Å². The van der Waals surface area contributed by atoms with Gasteiger partial charge in [0.25, 0.3) is 5.91 Å². The molecule has 230 valence electrons. The average molecular weight is 622 g/mol. The Morgan fingerprint density at radius 2 is 1.64 bits per heavy atom. The molecule has 45 heavy (non-hydrogen) atoms. The van der Waals surface area contributed by atoms with Gasteiger partial charge in [-0.1, -0.05) is 104 Å². The van der Waals surface area contributed by atoms with Gasteiger partial charge in [0.1, 0.15) is 0 Å². The normalized spacial score (nSPS) is 19.7. The molecule has 1 aliphatic heterocycles. The molecule has 1 amide bonds. The van der Waals surface area contributed by atoms with Gasteiger partial charge >= 0.3 is 0 Å². The Bertz CT molecular complexity index is 1710. The highest BCUT2D eigenvalue weighted by atomic mass is 32.2. The molecule has 2 N–H and O–H groups in total. The van der Waals surface area contributed by atoms with Crippen molar-refractivity contribution in [3.05, 3.63) is 131 Å². The summed E-state index contributed by atoms with van der Waals surface area (Å²) in [6, 6.07) is 33.5. The summed E-state index contributed by atoms with van der Waals surface area (Å²) < 4.78 is 14.8. The van der Waals surface area contributed by atoms with Gasteiger partial charge in [-0.15, -0.1) is 5.10 Å². The van der Waals surface area contributed by atoms with Gasteiger partial charge in [0.15, 0.2) is 6.29 Å². The summed E-state index contributed by atoms with van der Waals surface area (Å²) in [5, 5.41) is 25.1. The summed E-state index contributed by atoms with van der Waals surface area (Å²) in [6.07, 6.45) is -0.905. The number of aromatic nitrogens is 4. The number of hydrogen-bond donors (Lipinski definition) is 2. The van der Waals surface area contributed by atoms with E-state index in [4.69, 9.17) is 9.47 Å². The van der Waals surface area contributed by atoms with Gasteiger partial charge in [0.2, 0.25) is 5.16 Å². The number of amides is 1. The first-order valence-electron chi connectivity index (χ1n) is 14.9. The molecule has 0 radical (unpaired) electrons. The minimum absolute atomic E-state index is 0.00429. The van der Waals surface area contributed by atoms with E-state index in [0.717, 1.165) is 38.5 Å². The molecule has 0 aliphatic carbocycles. The maximum Gasteiger partial charge on any atom is 0.251 e. The molecular weight excluding hydrogens is 586 g/mol. The predicted octanol–water partition coefficient (Wildman–Crippen LogP) is 5.88. The summed E-state index contributed by atoms with van der Waals surface area (Å²) in [5.41, 5.74) is 6.58. The molecule has 2 heterocycles. The summed E-state index contributed by atoms with van der Waals surface area (Å²) in [7, 11) is 1.82. The number of nitrogens with one attached hydrogen (secondary N) is 1. The molecule has 0 spiro atoms. The van der Waals surface area contributed by atoms with Crippen LogP contribution in [0.5, 0.6) is 0 Å². The lowest BCUT2D eigenvalue weighted by Gasteiger charge is -2.41. The lowest BCUT2D eigenvalue weighted by molar-refractivity contribution is -0.268. The number of aliphatic hydroxyl groups excluding tert-OH is 1. The summed E-state index contributed by atoms with van der Waals surface area (Å²) in [4.78, 5) is 12.5. The first kappa shape index (κ1) is 30.7. The topological polar surface area (TPSA) is 111 Å². The lowest BCUT2D eigenvalue weighted by atomic mass is 9.91. The van der Waals surface area contributed by atoms with Crippen LogP contribution in [0.2, 0.25) is 0 Å². The van der Waals surface area contributed by atoms with Crippen LogP contribution in [0, 0.1) is 5.92 Å². The monoisotopic (exact) mass is 621 g/mol. The van der Waals surface area contributed by atoms with E-state index in [-0.39, 0.29) is 30.6 Å². The Morgan fingerprint density at radius 1 is 0.889 bits per heavy atom. The Morgan fingerprint density at radius 3 is 2.36 bits per heavy atom. The van der Waals surface area contributed by atoms with E-state index in [0.29, 0.717) is 17.9 Å². The Labute approximate surface area is 266 Å². The van der Waals surface area contributed by atoms with Crippen LogP contribution in [0.25, 0.3) is 11.1 Å². The minimum Gasteiger partial charge on any atom is -0.392 e. The second-order valence-corrected chi connectivity index (χ2v) is 12.1. The first-order valence-corrected chi connectivity index (χ1v) is 15.9. The fourth-order valence-corrected chi connectivity index (χ4v) is 6.39. The summed E-state index contributed by atoms with van der Waals surface area (Å²) in [6.45, 7) is 2.57. The Balaban J connectivity index is 1.18. The van der Waals surface area contributed by atoms with Crippen LogP contribution in [0.1, 0.15) is 51.9 Å². The van der Waals surface area contributed by atoms with Gasteiger partial charge in [0, 0.05) is 36.4 Å². The molecule has 6 rings (SSSR count). The average Bonchev–Trinajstić information content (AvgIpc) is 3.51. The van der Waals surface area contributed by atoms with E-state index in [9.17, 15) is 9.90 Å². The standard InChI is InChI=1S/C35H35N5O4S/c1-23-31(22-45-35-37-38-39-40(35)2)43-34(44-32(23)27-13-11-24(21-41)12-14-27)29-17-15-26(16-18-29)30-10-6-7-25(19-30)20-36-33(42)28-8-4-3-5-9-28/h3-19,23,31-32,34,41H,20-22H2,1-2H3,(H,36,42). The number of nitrogens with zero attached hydrogens (tertiary/aromatic N) is 4. The highest BCUT2D eigenvalue weighted by Crippen LogP contribution is 2.43. The Kier molecular flexibility index (Phi) is 9.66. The largest absolute Gasteiger partial charge is 0.392 e. The smallest absolute Gasteiger partial charge is 0.251 e. The van der Waals surface area contributed by atoms with Crippen LogP contribution in [0.4, 0.5) is 0 Å². The number of carbonyl (C=O) groups is 1. The van der Waals surface area contributed by atoms with Crippen molar-refractivity contribution in [3.8, 4) is 11.1 Å². The molecule has 10 heteroatoms. The van der Waals surface area contributed by atoms with E-state index in [1.165, 1.54) is 0 Å². The van der Waals surface area contributed by atoms with Crippen LogP contribution in [-0.2, 0) is 29.7 Å². The number of benzene rings is 4. The molecule has 1 aromatic heterocycles. The highest BCUT2D eigenvalue weighted by Gasteiger charge is 2.38. The van der Waals surface area contributed by atoms with Crippen molar-refractivity contribution in [2.24, 2.45) is 13.0 Å². The molecule has 9 nitrogen and oxygen atoms in total. The van der Waals surface area contributed by atoms with E-state index in [1.54, 1.807) is 28.6 Å². The molecule has 1 saturated heterocycles. The SMILES string of the molecule is CC1C(CSc2nnnn2C)OC(c2ccc(-c3cccc(CNC(=O)c4ccccc4)c3)cc2)OC1c1ccc(CO)cc1. The van der Waals surface area contributed by atoms with Gasteiger partial charge in [-0.3, -0.25) is 4.79 Å². The van der Waals surface area contributed by atoms with E-state index < -0.39 is 6.29 Å². The quantitative estimate of drug-likeness (QED) is 0.186. The molecule has 4 aromatic carbocycles. The van der Waals surface area contributed by atoms with E-state index >= 15 is 0 Å². The Hall–Kier alpha value is -4.35. The van der Waals surface area contributed by atoms with Gasteiger partial charge in [0.05, 0.1) is 18.8 Å². The number of thioether (sulfide) groups is 1. The maximum atomic E-state index is 12.5. The van der Waals surface area contributed by atoms with E-state index in [1.807, 2.05) is 73.8 Å². The van der Waals surface area contributed by atoms with Crippen molar-refractivity contribution in [3.63, 3.8) is 0 Å². The number of carbonyl (C=O) groups excluding carboxylic acids is 1. The number of hydrogen-bond acceptors (Lipinski definition) is 8. The van der Waals surface area contributed by atoms with Crippen molar-refractivity contribution in [2.75, 3.05) is 5.75 Å². The van der Waals surface area contributed by atoms with Crippen LogP contribution in [-0.4, -0.2) is 43.1 Å². The number of tetrazole rings is 1. The van der Waals surface area contributed by atoms with Gasteiger partial charge < -0.3 is 19.9 Å². The molecule has 5 aromatic rings. The molecular formula is C35H35N5O4S. The fraction of sp³-hybridized carbons (Fsp3) is 0.257. The number of aryl methyl sites for hydroxylation is 1. The van der Waals surface area contributed by atoms with E-state index in [2.05, 4.69) is 52.0 Å². The van der Waals surface area contributed by atoms with Crippen molar-refractivity contribution in [1.29, 1.82) is 0 Å². The summed E-state index contributed by atoms with van der Waals surface area (Å²) in [5.74, 6) is 0.616. The molecule has 0 bridgehead atoms. The third kappa shape index (κ3) is 7.32. The van der Waals surface area contributed by atoms with Crippen LogP contribution >= 0.6 is 11.8 Å². The zero-order valence-corrected chi connectivity index (χ0v) is 25.9. The molecule has 1 fully saturated rings. The van der Waals surface area contributed by atoms with Crippen LogP contribution < -0.4 is 5.32 Å². The van der Waals surface area contributed by atoms with Gasteiger partial charge in [-0.25, -0.2) is 4.68 Å². The predicted molar refractivity (Wildman–Crippen MR) is 172 cm³/mol. The molecule has 4 unspecified atom stereocenters. The third-order valence-electron chi connectivity index (χ3n) is 8.01. The fourth-order valence-electron chi connectivity index (χ4n) is 5.38. The van der Waals surface area contributed by atoms with Crippen molar-refractivity contribution in [1.82, 2.24) is 25.5 Å². The van der Waals surface area contributed by atoms with Gasteiger partial charge in [-0.05, 0) is 56.4 Å². The third-order valence-corrected chi connectivity index (χ3v) is 9.11. The second-order valence-electron chi connectivity index (χ2n) is 11.1. The number of aliphatic hydroxyl groups is 1. The molecule has 4 atom stereocenters. The van der Waals surface area contributed by atoms with Crippen molar-refractivity contribution in [2.45, 2.75) is 43.7 Å². The number of rotatable bonds is 10. The molecule has 0 saturated carbocycles. The first-order chi connectivity index (χ1) is 22.0. The summed E-state index contributed by atoms with van der Waals surface area (Å²) >= 11 is 1.56. The zero-order chi connectivity index (χ0) is 31.2. The van der Waals surface area contributed by atoms with Crippen molar-refractivity contribution >= 4 is 17.7 Å². The lowest BCUT2D eigenvalue weighted by Crippen LogP contribution is -2.38. The van der Waals surface area contributed by atoms with Crippen LogP contribution in [0.3, 0.4) is 0 Å².